The molecule has 0 N–H and O–H groups in total. The molecule has 0 saturated carbocycles. The number of benzene rings is 2. The largest absolute Gasteiger partial charge is 0.207 e. The second-order valence-electron chi connectivity index (χ2n) is 3.06. The highest BCUT2D eigenvalue weighted by molar-refractivity contribution is 6.35. The molecule has 0 fully saturated rings. The van der Waals surface area contributed by atoms with Gasteiger partial charge in [0.1, 0.15) is 5.82 Å². The summed E-state index contributed by atoms with van der Waals surface area (Å²) in [7, 11) is 0. The fourth-order valence-electron chi connectivity index (χ4n) is 1.37. The molecule has 0 bridgehead atoms. The maximum Gasteiger partial charge on any atom is 0.126 e. The molecule has 0 aliphatic rings. The lowest BCUT2D eigenvalue weighted by Crippen LogP contribution is -1.83. The first kappa shape index (κ1) is 8.52. The maximum atomic E-state index is 13.1. The van der Waals surface area contributed by atoms with Crippen molar-refractivity contribution in [2.75, 3.05) is 0 Å². The lowest BCUT2D eigenvalue weighted by Gasteiger charge is -2.02. The minimum atomic E-state index is -0.185. The number of hydrogen-bond acceptors (Lipinski definition) is 0. The van der Waals surface area contributed by atoms with E-state index in [1.165, 1.54) is 6.07 Å². The number of aryl methyl sites for hydroxylation is 1. The Morgan fingerprint density at radius 3 is 2.77 bits per heavy atom. The summed E-state index contributed by atoms with van der Waals surface area (Å²) < 4.78 is 13.1. The smallest absolute Gasteiger partial charge is 0.126 e. The third kappa shape index (κ3) is 1.40. The summed E-state index contributed by atoms with van der Waals surface area (Å²) in [6.07, 6.45) is 0. The number of halogens is 2. The second-order valence-corrected chi connectivity index (χ2v) is 3.47. The van der Waals surface area contributed by atoms with Gasteiger partial charge in [-0.05, 0) is 36.1 Å². The Morgan fingerprint density at radius 1 is 1.23 bits per heavy atom. The van der Waals surface area contributed by atoms with Gasteiger partial charge < -0.3 is 0 Å². The van der Waals surface area contributed by atoms with Crippen LogP contribution in [-0.4, -0.2) is 0 Å². The van der Waals surface area contributed by atoms with Gasteiger partial charge in [0.15, 0.2) is 0 Å². The molecule has 0 heterocycles. The molecule has 0 aliphatic heterocycles. The first-order valence-corrected chi connectivity index (χ1v) is 4.40. The Morgan fingerprint density at radius 2 is 2.00 bits per heavy atom. The third-order valence-corrected chi connectivity index (χ3v) is 2.44. The van der Waals surface area contributed by atoms with Crippen LogP contribution in [0.1, 0.15) is 5.56 Å². The summed E-state index contributed by atoms with van der Waals surface area (Å²) in [6.45, 7) is 1.73. The predicted molar refractivity (Wildman–Crippen MR) is 53.7 cm³/mol. The van der Waals surface area contributed by atoms with Crippen molar-refractivity contribution < 1.29 is 4.39 Å². The van der Waals surface area contributed by atoms with Crippen LogP contribution in [0.4, 0.5) is 4.39 Å². The van der Waals surface area contributed by atoms with E-state index in [4.69, 9.17) is 11.6 Å². The summed E-state index contributed by atoms with van der Waals surface area (Å²) in [5.74, 6) is -0.185. The maximum absolute atomic E-state index is 13.1. The summed E-state index contributed by atoms with van der Waals surface area (Å²) in [5.41, 5.74) is 0.626. The quantitative estimate of drug-likeness (QED) is 0.596. The van der Waals surface area contributed by atoms with Crippen LogP contribution in [0, 0.1) is 12.7 Å². The van der Waals surface area contributed by atoms with Crippen LogP contribution in [-0.2, 0) is 0 Å². The summed E-state index contributed by atoms with van der Waals surface area (Å²) >= 11 is 5.96. The molecule has 66 valence electrons. The van der Waals surface area contributed by atoms with E-state index in [2.05, 4.69) is 0 Å². The fraction of sp³-hybridized carbons (Fsp3) is 0.0909. The van der Waals surface area contributed by atoms with Gasteiger partial charge in [-0.25, -0.2) is 4.39 Å². The number of fused-ring (bicyclic) bond motifs is 1. The highest BCUT2D eigenvalue weighted by atomic mass is 35.5. The minimum absolute atomic E-state index is 0.185. The van der Waals surface area contributed by atoms with E-state index in [-0.39, 0.29) is 5.82 Å². The summed E-state index contributed by atoms with van der Waals surface area (Å²) in [4.78, 5) is 0. The minimum Gasteiger partial charge on any atom is -0.207 e. The van der Waals surface area contributed by atoms with Crippen LogP contribution >= 0.6 is 11.6 Å². The van der Waals surface area contributed by atoms with E-state index in [1.54, 1.807) is 19.1 Å². The normalized spacial score (nSPS) is 10.7. The van der Waals surface area contributed by atoms with Crippen molar-refractivity contribution in [3.8, 4) is 0 Å². The SMILES string of the molecule is Cc1cc2c(Cl)cccc2cc1F. The molecule has 0 nitrogen and oxygen atoms in total. The molecule has 0 amide bonds. The zero-order chi connectivity index (χ0) is 9.42. The molecule has 2 aromatic carbocycles. The standard InChI is InChI=1S/C11H8ClF/c1-7-5-9-8(6-11(7)13)3-2-4-10(9)12/h2-6H,1H3. The molecule has 13 heavy (non-hydrogen) atoms. The van der Waals surface area contributed by atoms with Crippen molar-refractivity contribution in [1.29, 1.82) is 0 Å². The van der Waals surface area contributed by atoms with E-state index in [0.29, 0.717) is 10.6 Å². The van der Waals surface area contributed by atoms with Gasteiger partial charge in [-0.1, -0.05) is 23.7 Å². The van der Waals surface area contributed by atoms with Crippen molar-refractivity contribution in [3.63, 3.8) is 0 Å². The molecule has 0 aliphatic carbocycles. The molecular formula is C11H8ClF. The number of rotatable bonds is 0. The van der Waals surface area contributed by atoms with E-state index in [9.17, 15) is 4.39 Å². The van der Waals surface area contributed by atoms with Gasteiger partial charge in [-0.3, -0.25) is 0 Å². The Hall–Kier alpha value is -1.08. The lowest BCUT2D eigenvalue weighted by atomic mass is 10.1. The van der Waals surface area contributed by atoms with Gasteiger partial charge in [0.2, 0.25) is 0 Å². The van der Waals surface area contributed by atoms with Gasteiger partial charge in [-0.15, -0.1) is 0 Å². The zero-order valence-corrected chi connectivity index (χ0v) is 7.90. The van der Waals surface area contributed by atoms with Crippen molar-refractivity contribution in [1.82, 2.24) is 0 Å². The molecule has 0 aromatic heterocycles. The highest BCUT2D eigenvalue weighted by Gasteiger charge is 2.02. The molecule has 0 spiro atoms. The van der Waals surface area contributed by atoms with Crippen LogP contribution in [0.2, 0.25) is 5.02 Å². The van der Waals surface area contributed by atoms with Crippen LogP contribution in [0.5, 0.6) is 0 Å². The first-order valence-electron chi connectivity index (χ1n) is 4.03. The van der Waals surface area contributed by atoms with Gasteiger partial charge >= 0.3 is 0 Å². The van der Waals surface area contributed by atoms with Gasteiger partial charge in [0.05, 0.1) is 0 Å². The molecule has 0 saturated heterocycles. The Labute approximate surface area is 80.9 Å². The van der Waals surface area contributed by atoms with E-state index < -0.39 is 0 Å². The first-order chi connectivity index (χ1) is 6.18. The van der Waals surface area contributed by atoms with Crippen LogP contribution in [0.3, 0.4) is 0 Å². The van der Waals surface area contributed by atoms with E-state index in [0.717, 1.165) is 10.8 Å². The zero-order valence-electron chi connectivity index (χ0n) is 7.14. The molecule has 2 heteroatoms. The third-order valence-electron chi connectivity index (χ3n) is 2.11. The van der Waals surface area contributed by atoms with Crippen molar-refractivity contribution in [2.45, 2.75) is 6.92 Å². The molecule has 0 unspecified atom stereocenters. The average Bonchev–Trinajstić information content (AvgIpc) is 2.09. The van der Waals surface area contributed by atoms with Crippen molar-refractivity contribution in [3.05, 3.63) is 46.7 Å². The highest BCUT2D eigenvalue weighted by Crippen LogP contribution is 2.25. The Bertz CT molecular complexity index is 463. The summed E-state index contributed by atoms with van der Waals surface area (Å²) in [5, 5.41) is 2.42. The Balaban J connectivity index is 2.89. The van der Waals surface area contributed by atoms with Gasteiger partial charge in [0, 0.05) is 10.4 Å². The second kappa shape index (κ2) is 3.00. The Kier molecular flexibility index (Phi) is 1.97. The predicted octanol–water partition coefficient (Wildman–Crippen LogP) is 3.94. The number of hydrogen-bond donors (Lipinski definition) is 0. The van der Waals surface area contributed by atoms with Crippen LogP contribution < -0.4 is 0 Å². The molecule has 0 radical (unpaired) electrons. The van der Waals surface area contributed by atoms with Crippen molar-refractivity contribution in [2.24, 2.45) is 0 Å². The average molecular weight is 195 g/mol. The van der Waals surface area contributed by atoms with Crippen LogP contribution in [0.25, 0.3) is 10.8 Å². The topological polar surface area (TPSA) is 0 Å². The van der Waals surface area contributed by atoms with Gasteiger partial charge in [-0.2, -0.15) is 0 Å². The monoisotopic (exact) mass is 194 g/mol. The fourth-order valence-corrected chi connectivity index (χ4v) is 1.60. The molecule has 2 rings (SSSR count). The van der Waals surface area contributed by atoms with Crippen LogP contribution in [0.15, 0.2) is 30.3 Å². The van der Waals surface area contributed by atoms with Gasteiger partial charge in [0.25, 0.3) is 0 Å². The lowest BCUT2D eigenvalue weighted by molar-refractivity contribution is 0.620. The molecular weight excluding hydrogens is 187 g/mol. The van der Waals surface area contributed by atoms with E-state index in [1.807, 2.05) is 12.1 Å². The van der Waals surface area contributed by atoms with Crippen molar-refractivity contribution >= 4 is 22.4 Å². The molecule has 0 atom stereocenters. The van der Waals surface area contributed by atoms with E-state index >= 15 is 0 Å². The summed E-state index contributed by atoms with van der Waals surface area (Å²) in [6, 6.07) is 8.76. The molecule has 2 aromatic rings.